The summed E-state index contributed by atoms with van der Waals surface area (Å²) in [6.07, 6.45) is -4.69. The molecule has 10 heteroatoms. The van der Waals surface area contributed by atoms with E-state index in [9.17, 15) is 27.9 Å². The lowest BCUT2D eigenvalue weighted by Gasteiger charge is -2.26. The van der Waals surface area contributed by atoms with Crippen molar-refractivity contribution < 1.29 is 27.9 Å². The highest BCUT2D eigenvalue weighted by Crippen LogP contribution is 2.33. The van der Waals surface area contributed by atoms with E-state index >= 15 is 0 Å². The van der Waals surface area contributed by atoms with Gasteiger partial charge in [0.2, 0.25) is 5.91 Å². The van der Waals surface area contributed by atoms with Crippen LogP contribution in [0.3, 0.4) is 0 Å². The van der Waals surface area contributed by atoms with Crippen molar-refractivity contribution in [3.63, 3.8) is 0 Å². The molecule has 2 amide bonds. The molecule has 3 rings (SSSR count). The Bertz CT molecular complexity index is 907. The van der Waals surface area contributed by atoms with Crippen molar-refractivity contribution in [1.29, 1.82) is 0 Å². The number of hydrogen-bond donors (Lipinski definition) is 2. The summed E-state index contributed by atoms with van der Waals surface area (Å²) in [5, 5.41) is 15.8. The third-order valence-corrected chi connectivity index (χ3v) is 4.66. The van der Waals surface area contributed by atoms with Gasteiger partial charge in [0, 0.05) is 31.2 Å². The molecule has 146 valence electrons. The number of fused-ring (bicyclic) bond motifs is 1. The number of alkyl halides is 3. The second-order valence-corrected chi connectivity index (χ2v) is 6.60. The van der Waals surface area contributed by atoms with Crippen LogP contribution in [-0.2, 0) is 11.0 Å². The number of amides is 2. The van der Waals surface area contributed by atoms with Crippen molar-refractivity contribution in [3.8, 4) is 0 Å². The van der Waals surface area contributed by atoms with Crippen molar-refractivity contribution in [1.82, 2.24) is 19.8 Å². The Labute approximate surface area is 152 Å². The quantitative estimate of drug-likeness (QED) is 0.836. The summed E-state index contributed by atoms with van der Waals surface area (Å²) < 4.78 is 41.3. The molecule has 3 heterocycles. The minimum Gasteiger partial charge on any atom is -0.396 e. The van der Waals surface area contributed by atoms with E-state index in [4.69, 9.17) is 0 Å². The maximum absolute atomic E-state index is 13.5. The number of halogens is 3. The van der Waals surface area contributed by atoms with Crippen LogP contribution in [-0.4, -0.2) is 57.7 Å². The van der Waals surface area contributed by atoms with Gasteiger partial charge in [-0.05, 0) is 24.6 Å². The van der Waals surface area contributed by atoms with E-state index in [2.05, 4.69) is 10.4 Å². The first-order valence-electron chi connectivity index (χ1n) is 8.40. The normalized spacial score (nSPS) is 16.5. The Morgan fingerprint density at radius 3 is 2.70 bits per heavy atom. The second-order valence-electron chi connectivity index (χ2n) is 6.60. The number of aryl methyl sites for hydroxylation is 1. The molecule has 1 aliphatic heterocycles. The summed E-state index contributed by atoms with van der Waals surface area (Å²) in [4.78, 5) is 25.5. The average molecular weight is 384 g/mol. The molecular weight excluding hydrogens is 365 g/mol. The lowest BCUT2D eigenvalue weighted by Crippen LogP contribution is -2.50. The van der Waals surface area contributed by atoms with Gasteiger partial charge in [0.05, 0.1) is 12.1 Å². The van der Waals surface area contributed by atoms with Gasteiger partial charge in [-0.15, -0.1) is 0 Å². The summed E-state index contributed by atoms with van der Waals surface area (Å²) in [5.41, 5.74) is -0.400. The molecule has 1 aliphatic rings. The van der Waals surface area contributed by atoms with Crippen LogP contribution in [0.15, 0.2) is 12.1 Å². The van der Waals surface area contributed by atoms with Gasteiger partial charge in [-0.2, -0.15) is 18.3 Å². The predicted octanol–water partition coefficient (Wildman–Crippen LogP) is 1.33. The zero-order valence-corrected chi connectivity index (χ0v) is 14.8. The van der Waals surface area contributed by atoms with E-state index in [0.29, 0.717) is 15.6 Å². The fraction of sp³-hybridized carbons (Fsp3) is 0.471. The van der Waals surface area contributed by atoms with Crippen LogP contribution < -0.4 is 5.32 Å². The number of aliphatic hydroxyl groups is 1. The minimum atomic E-state index is -4.69. The molecule has 1 fully saturated rings. The number of nitrogens with one attached hydrogen (secondary N) is 1. The molecule has 0 aromatic carbocycles. The van der Waals surface area contributed by atoms with Gasteiger partial charge in [-0.1, -0.05) is 6.92 Å². The van der Waals surface area contributed by atoms with Gasteiger partial charge in [0.1, 0.15) is 5.69 Å². The van der Waals surface area contributed by atoms with Gasteiger partial charge in [0.15, 0.2) is 5.69 Å². The lowest BCUT2D eigenvalue weighted by atomic mass is 10.0. The van der Waals surface area contributed by atoms with Crippen LogP contribution in [0.2, 0.25) is 0 Å². The Hall–Kier alpha value is -2.62. The number of carbonyl (C=O) groups is 2. The molecule has 27 heavy (non-hydrogen) atoms. The highest BCUT2D eigenvalue weighted by Gasteiger charge is 2.36. The van der Waals surface area contributed by atoms with Gasteiger partial charge < -0.3 is 15.3 Å². The van der Waals surface area contributed by atoms with Crippen molar-refractivity contribution in [2.45, 2.75) is 25.9 Å². The smallest absolute Gasteiger partial charge is 0.396 e. The minimum absolute atomic E-state index is 0.121. The van der Waals surface area contributed by atoms with Crippen LogP contribution in [0, 0.1) is 6.92 Å². The van der Waals surface area contributed by atoms with Crippen molar-refractivity contribution in [3.05, 3.63) is 34.6 Å². The van der Waals surface area contributed by atoms with E-state index < -0.39 is 23.7 Å². The van der Waals surface area contributed by atoms with E-state index in [0.717, 1.165) is 6.07 Å². The fourth-order valence-electron chi connectivity index (χ4n) is 3.04. The predicted molar refractivity (Wildman–Crippen MR) is 89.3 cm³/mol. The summed E-state index contributed by atoms with van der Waals surface area (Å²) in [7, 11) is 0. The Morgan fingerprint density at radius 2 is 2.11 bits per heavy atom. The molecule has 0 saturated carbocycles. The van der Waals surface area contributed by atoms with Crippen LogP contribution in [0.25, 0.3) is 5.52 Å². The standard InChI is InChI=1S/C17H19F3N4O3/c1-9(8-25)11-5-12-10(2)15(16(27)23-4-3-21-14(26)7-23)22-24(12)13(6-11)17(18,19)20/h5-6,9,25H,3-4,7-8H2,1-2H3,(H,21,26). The average Bonchev–Trinajstić information content (AvgIpc) is 2.95. The second kappa shape index (κ2) is 6.84. The Morgan fingerprint density at radius 1 is 1.41 bits per heavy atom. The maximum Gasteiger partial charge on any atom is 0.433 e. The lowest BCUT2D eigenvalue weighted by molar-refractivity contribution is -0.142. The number of rotatable bonds is 3. The molecule has 1 atom stereocenters. The highest BCUT2D eigenvalue weighted by molar-refractivity contribution is 5.98. The van der Waals surface area contributed by atoms with Gasteiger partial charge in [-0.3, -0.25) is 9.59 Å². The third kappa shape index (κ3) is 3.48. The number of piperazine rings is 1. The molecule has 2 N–H and O–H groups in total. The van der Waals surface area contributed by atoms with Crippen LogP contribution in [0.4, 0.5) is 13.2 Å². The molecule has 2 aromatic heterocycles. The molecule has 0 spiro atoms. The van der Waals surface area contributed by atoms with Gasteiger partial charge >= 0.3 is 6.18 Å². The molecule has 0 bridgehead atoms. The molecule has 2 aromatic rings. The van der Waals surface area contributed by atoms with E-state index in [1.807, 2.05) is 0 Å². The highest BCUT2D eigenvalue weighted by atomic mass is 19.4. The summed E-state index contributed by atoms with van der Waals surface area (Å²) in [6, 6.07) is 2.43. The van der Waals surface area contributed by atoms with Gasteiger partial charge in [-0.25, -0.2) is 4.52 Å². The maximum atomic E-state index is 13.5. The zero-order valence-electron chi connectivity index (χ0n) is 14.8. The van der Waals surface area contributed by atoms with Crippen molar-refractivity contribution in [2.24, 2.45) is 0 Å². The van der Waals surface area contributed by atoms with E-state index in [-0.39, 0.29) is 43.4 Å². The molecular formula is C17H19F3N4O3. The fourth-order valence-corrected chi connectivity index (χ4v) is 3.04. The van der Waals surface area contributed by atoms with E-state index in [1.165, 1.54) is 17.9 Å². The first-order chi connectivity index (χ1) is 12.6. The Balaban J connectivity index is 2.15. The van der Waals surface area contributed by atoms with Gasteiger partial charge in [0.25, 0.3) is 5.91 Å². The molecule has 0 radical (unpaired) electrons. The largest absolute Gasteiger partial charge is 0.433 e. The molecule has 1 saturated heterocycles. The molecule has 0 aliphatic carbocycles. The number of aromatic nitrogens is 2. The van der Waals surface area contributed by atoms with Crippen LogP contribution >= 0.6 is 0 Å². The number of hydrogen-bond acceptors (Lipinski definition) is 4. The molecule has 1 unspecified atom stereocenters. The van der Waals surface area contributed by atoms with Crippen molar-refractivity contribution in [2.75, 3.05) is 26.2 Å². The van der Waals surface area contributed by atoms with Crippen molar-refractivity contribution >= 4 is 17.3 Å². The number of nitrogens with zero attached hydrogens (tertiary/aromatic N) is 3. The van der Waals surface area contributed by atoms with Crippen LogP contribution in [0.5, 0.6) is 0 Å². The Kier molecular flexibility index (Phi) is 4.85. The zero-order chi connectivity index (χ0) is 19.9. The topological polar surface area (TPSA) is 86.9 Å². The number of pyridine rings is 1. The monoisotopic (exact) mass is 384 g/mol. The first kappa shape index (κ1) is 19.2. The number of carbonyl (C=O) groups excluding carboxylic acids is 2. The number of aliphatic hydroxyl groups excluding tert-OH is 1. The SMILES string of the molecule is Cc1c(C(=O)N2CCNC(=O)C2)nn2c(C(F)(F)F)cc(C(C)CO)cc12. The first-order valence-corrected chi connectivity index (χ1v) is 8.40. The summed E-state index contributed by atoms with van der Waals surface area (Å²) >= 11 is 0. The summed E-state index contributed by atoms with van der Waals surface area (Å²) in [6.45, 7) is 3.20. The summed E-state index contributed by atoms with van der Waals surface area (Å²) in [5.74, 6) is -1.42. The van der Waals surface area contributed by atoms with E-state index in [1.54, 1.807) is 6.92 Å². The molecule has 7 nitrogen and oxygen atoms in total. The van der Waals surface area contributed by atoms with Crippen LogP contribution in [0.1, 0.15) is 40.2 Å². The third-order valence-electron chi connectivity index (χ3n) is 4.66.